The molecule has 5 fully saturated rings. The predicted molar refractivity (Wildman–Crippen MR) is 486 cm³/mol. The van der Waals surface area contributed by atoms with Gasteiger partial charge in [-0.05, 0) is 73.2 Å². The van der Waals surface area contributed by atoms with Gasteiger partial charge < -0.3 is 142 Å². The summed E-state index contributed by atoms with van der Waals surface area (Å²) in [5, 5.41) is 169. The van der Waals surface area contributed by atoms with E-state index in [0.717, 1.165) is 81.6 Å². The smallest absolute Gasteiger partial charge is 0.333 e. The minimum atomic E-state index is -1.45. The summed E-state index contributed by atoms with van der Waals surface area (Å²) in [6, 6.07) is 31.5. The lowest BCUT2D eigenvalue weighted by molar-refractivity contribution is -0.0555. The molecule has 0 amide bonds. The maximum atomic E-state index is 12.9. The van der Waals surface area contributed by atoms with Crippen LogP contribution in [-0.2, 0) is 56.4 Å². The number of aliphatic hydroxyl groups is 15. The number of aliphatic hydroxyl groups excluding tert-OH is 15. The van der Waals surface area contributed by atoms with Crippen LogP contribution in [0.5, 0.6) is 23.0 Å². The van der Waals surface area contributed by atoms with Gasteiger partial charge in [0, 0.05) is 78.2 Å². The highest BCUT2D eigenvalue weighted by molar-refractivity contribution is 5.87. The Kier molecular flexibility index (Phi) is 30.7. The first-order chi connectivity index (χ1) is 69.2. The molecule has 15 N–H and O–H groups in total. The zero-order valence-electron chi connectivity index (χ0n) is 76.3. The van der Waals surface area contributed by atoms with Gasteiger partial charge in [-0.2, -0.15) is 0 Å². The van der Waals surface area contributed by atoms with Crippen LogP contribution in [0.1, 0.15) is 65.2 Å². The van der Waals surface area contributed by atoms with Crippen LogP contribution in [0.3, 0.4) is 0 Å². The molecule has 54 heteroatoms. The molecule has 0 bridgehead atoms. The normalized spacial score (nSPS) is 24.4. The van der Waals surface area contributed by atoms with Crippen LogP contribution >= 0.6 is 0 Å². The number of benzene rings is 5. The maximum Gasteiger partial charge on any atom is 0.333 e. The van der Waals surface area contributed by atoms with E-state index in [-0.39, 0.29) is 32.7 Å². The molecular weight excluding hydrogens is 1920 g/mol. The van der Waals surface area contributed by atoms with Gasteiger partial charge in [0.2, 0.25) is 5.58 Å². The fourth-order valence-electron chi connectivity index (χ4n) is 16.9. The van der Waals surface area contributed by atoms with Gasteiger partial charge in [0.05, 0.1) is 110 Å². The maximum absolute atomic E-state index is 12.9. The van der Waals surface area contributed by atoms with Crippen LogP contribution < -0.4 is 75.2 Å². The quantitative estimate of drug-likeness (QED) is 0.0268. The lowest BCUT2D eigenvalue weighted by atomic mass is 10.1. The molecular formula is C90H95N15O39. The van der Waals surface area contributed by atoms with E-state index in [0.29, 0.717) is 106 Å². The van der Waals surface area contributed by atoms with Gasteiger partial charge >= 0.3 is 28.4 Å². The van der Waals surface area contributed by atoms with Gasteiger partial charge in [0.25, 0.3) is 27.8 Å². The average molecular weight is 2010 g/mol. The number of nitrogens with zero attached hydrogens (tertiary/aromatic N) is 15. The molecule has 0 saturated carbocycles. The second kappa shape index (κ2) is 43.2. The lowest BCUT2D eigenvalue weighted by Crippen LogP contribution is -2.43. The Balaban J connectivity index is 0.000000129. The van der Waals surface area contributed by atoms with Crippen molar-refractivity contribution in [3.8, 4) is 23.0 Å². The van der Waals surface area contributed by atoms with Gasteiger partial charge in [-0.3, -0.25) is 69.6 Å². The summed E-state index contributed by atoms with van der Waals surface area (Å²) in [5.41, 5.74) is -1.78. The Labute approximate surface area is 802 Å². The number of hydrogen-bond acceptors (Lipinski definition) is 44. The molecule has 144 heavy (non-hydrogen) atoms. The van der Waals surface area contributed by atoms with Crippen LogP contribution in [0.4, 0.5) is 0 Å². The minimum absolute atomic E-state index is 0.135. The molecule has 0 spiro atoms. The molecule has 0 radical (unpaired) electrons. The first-order valence-corrected chi connectivity index (χ1v) is 44.0. The summed E-state index contributed by atoms with van der Waals surface area (Å²) in [4.78, 5) is 126. The third kappa shape index (κ3) is 19.7. The van der Waals surface area contributed by atoms with Crippen molar-refractivity contribution in [1.29, 1.82) is 0 Å². The number of fused-ring (bicyclic) bond motifs is 5. The monoisotopic (exact) mass is 2010 g/mol. The van der Waals surface area contributed by atoms with Gasteiger partial charge in [-0.25, -0.2) is 24.0 Å². The summed E-state index contributed by atoms with van der Waals surface area (Å²) in [5.74, 6) is 2.08. The van der Waals surface area contributed by atoms with Crippen molar-refractivity contribution in [2.24, 2.45) is 0 Å². The summed E-state index contributed by atoms with van der Waals surface area (Å²) in [6.07, 6.45) is -19.7. The SMILES string of the molecule is COc1ccc2c(Cn3c(=O)ccn([C@@H]4O[C@H](CO)[C@H](O)C4O)c3=O)noc2c1.COc1ccc2onc(Cn3c(=O)ccn([C@@H]4O[C@H](CO)[C@H](O)C4O)c3=O)c2c1.COc1cccc2c(Cn3c(=O)ccn([C@@H]4O[C@H](CO)[C@H](O)C4O)c3=O)noc12.COc1cccc2onc(Cn3c(=O)ccn([C@@H]4O[C@H](CO)[C@H](O)C4O)c3=O)c12.Cc1cccc2c(Cn3c(=O)ccn([C@@H]4O[C@H](CO)[C@H](O)C4O)c3=O)noc12. The molecule has 20 rings (SSSR count). The highest BCUT2D eigenvalue weighted by Crippen LogP contribution is 2.37. The van der Waals surface area contributed by atoms with Crippen molar-refractivity contribution in [2.75, 3.05) is 61.5 Å². The Morgan fingerprint density at radius 1 is 0.285 bits per heavy atom. The van der Waals surface area contributed by atoms with E-state index in [1.165, 1.54) is 59.4 Å². The van der Waals surface area contributed by atoms with Crippen molar-refractivity contribution in [3.05, 3.63) is 291 Å². The van der Waals surface area contributed by atoms with Crippen molar-refractivity contribution < 1.29 is 142 Å². The summed E-state index contributed by atoms with van der Waals surface area (Å²) < 4.78 is 83.6. The fourth-order valence-corrected chi connectivity index (χ4v) is 16.9. The molecule has 5 unspecified atom stereocenters. The molecule has 20 atom stereocenters. The number of methoxy groups -OCH3 is 4. The van der Waals surface area contributed by atoms with Crippen LogP contribution in [0.2, 0.25) is 0 Å². The molecule has 764 valence electrons. The van der Waals surface area contributed by atoms with Gasteiger partial charge in [0.15, 0.2) is 59.2 Å². The van der Waals surface area contributed by atoms with E-state index in [9.17, 15) is 125 Å². The molecule has 10 aromatic heterocycles. The Bertz CT molecular complexity index is 7730. The van der Waals surface area contributed by atoms with E-state index >= 15 is 0 Å². The molecule has 5 saturated heterocycles. The first-order valence-electron chi connectivity index (χ1n) is 44.0. The minimum Gasteiger partial charge on any atom is -0.497 e. The molecule has 15 heterocycles. The highest BCUT2D eigenvalue weighted by Gasteiger charge is 2.49. The molecule has 54 nitrogen and oxygen atoms in total. The van der Waals surface area contributed by atoms with Crippen molar-refractivity contribution in [2.45, 2.75) is 162 Å². The standard InChI is InChI=1S/4C18H19N3O8.C18H19N3O7/c1-27-9-2-3-12-10(6-9)11(19-29-12)7-21-14(23)4-5-20(18(21)26)17-16(25)15(24)13(8-22)28-17;1-27-9-2-3-10-11(19-29-12(10)6-9)7-21-14(23)4-5-20(18(21)26)17-16(25)15(24)13(8-22)28-17;1-27-10-3-2-4-11-14(10)9(19-29-11)7-21-13(23)5-6-20(18(21)26)17-16(25)15(24)12(8-22)28-17;1-27-11-4-2-3-9-10(19-29-16(9)11)7-21-13(23)5-6-20(18(21)26)17-15(25)14(24)12(8-22)28-17;1-9-3-2-4-10-11(19-28-16(9)10)7-21-13(23)5-6-20(18(21)26)17-15(25)14(24)12(8-22)27-17/h2*2-6,13,15-17,22,24-25H,7-8H2,1H3;2-6,12,15-17,22,24-25H,7-8H2,1H3;2-6,12,14-15,17,22,24-25H,7-8H2,1H3;2-6,12,14-15,17,22,24-25H,7-8H2,1H3/t2*13-,15+,16?,17-;12-,15+,16?,17-;2*12-,14+,15?,17-/m11111/s1. The molecule has 5 aromatic carbocycles. The number of ether oxygens (including phenoxy) is 9. The second-order valence-electron chi connectivity index (χ2n) is 33.3. The fraction of sp³-hybridized carbons (Fsp3) is 0.389. The van der Waals surface area contributed by atoms with Crippen LogP contribution in [0.25, 0.3) is 54.8 Å². The number of aromatic nitrogens is 15. The summed E-state index contributed by atoms with van der Waals surface area (Å²) >= 11 is 0. The van der Waals surface area contributed by atoms with Crippen molar-refractivity contribution in [3.63, 3.8) is 0 Å². The predicted octanol–water partition coefficient (Wildman–Crippen LogP) is -5.60. The average Bonchev–Trinajstić information content (AvgIpc) is 1.60. The number of hydrogen-bond donors (Lipinski definition) is 15. The highest BCUT2D eigenvalue weighted by atomic mass is 16.6. The molecule has 5 aliphatic rings. The second-order valence-corrected chi connectivity index (χ2v) is 33.3. The van der Waals surface area contributed by atoms with Gasteiger partial charge in [0.1, 0.15) is 137 Å². The number of aryl methyl sites for hydroxylation is 1. The van der Waals surface area contributed by atoms with Gasteiger partial charge in [-0.15, -0.1) is 0 Å². The summed E-state index contributed by atoms with van der Waals surface area (Å²) in [7, 11) is 5.99. The van der Waals surface area contributed by atoms with Crippen LogP contribution in [-0.4, -0.2) is 301 Å². The Morgan fingerprint density at radius 3 is 0.951 bits per heavy atom. The Hall–Kier alpha value is -14.7. The zero-order valence-corrected chi connectivity index (χ0v) is 76.3. The zero-order chi connectivity index (χ0) is 103. The van der Waals surface area contributed by atoms with Crippen LogP contribution in [0, 0.1) is 6.92 Å². The molecule has 0 aliphatic carbocycles. The Morgan fingerprint density at radius 2 is 0.583 bits per heavy atom. The van der Waals surface area contributed by atoms with E-state index in [1.807, 2.05) is 19.1 Å². The third-order valence-corrected chi connectivity index (χ3v) is 24.8. The topological polar surface area (TPSA) is 737 Å². The largest absolute Gasteiger partial charge is 0.497 e. The van der Waals surface area contributed by atoms with Crippen molar-refractivity contribution in [1.82, 2.24) is 71.5 Å². The van der Waals surface area contributed by atoms with E-state index in [4.69, 9.17) is 65.2 Å². The van der Waals surface area contributed by atoms with E-state index in [1.54, 1.807) is 78.9 Å². The number of para-hydroxylation sites is 2. The summed E-state index contributed by atoms with van der Waals surface area (Å²) in [6.45, 7) is -1.68. The lowest BCUT2D eigenvalue weighted by Gasteiger charge is -2.18. The van der Waals surface area contributed by atoms with E-state index in [2.05, 4.69) is 25.8 Å². The third-order valence-electron chi connectivity index (χ3n) is 24.8. The van der Waals surface area contributed by atoms with Crippen molar-refractivity contribution >= 4 is 54.8 Å². The molecule has 5 aliphatic heterocycles. The molecule has 15 aromatic rings. The van der Waals surface area contributed by atoms with Gasteiger partial charge in [-0.1, -0.05) is 50.0 Å². The van der Waals surface area contributed by atoms with Crippen LogP contribution in [0.15, 0.2) is 223 Å². The van der Waals surface area contributed by atoms with E-state index < -0.39 is 212 Å². The first kappa shape index (κ1) is 102. The number of rotatable bonds is 24.